The van der Waals surface area contributed by atoms with Gasteiger partial charge in [-0.25, -0.2) is 9.48 Å². The summed E-state index contributed by atoms with van der Waals surface area (Å²) in [6.07, 6.45) is 3.22. The van der Waals surface area contributed by atoms with Crippen LogP contribution in [0.1, 0.15) is 41.2 Å². The summed E-state index contributed by atoms with van der Waals surface area (Å²) in [7, 11) is 1.29. The van der Waals surface area contributed by atoms with Gasteiger partial charge in [-0.05, 0) is 30.5 Å². The van der Waals surface area contributed by atoms with Crippen LogP contribution >= 0.6 is 0 Å². The number of carbonyl (C=O) groups excluding carboxylic acids is 2. The van der Waals surface area contributed by atoms with Gasteiger partial charge in [-0.1, -0.05) is 6.07 Å². The van der Waals surface area contributed by atoms with Gasteiger partial charge >= 0.3 is 5.97 Å². The molecule has 0 spiro atoms. The minimum Gasteiger partial charge on any atom is -0.504 e. The average Bonchev–Trinajstić information content (AvgIpc) is 3.05. The molecule has 2 heterocycles. The van der Waals surface area contributed by atoms with E-state index in [-0.39, 0.29) is 22.8 Å². The fourth-order valence-corrected chi connectivity index (χ4v) is 3.54. The Kier molecular flexibility index (Phi) is 3.68. The number of anilines is 1. The largest absolute Gasteiger partial charge is 0.504 e. The second-order valence-electron chi connectivity index (χ2n) is 6.29. The van der Waals surface area contributed by atoms with Crippen LogP contribution in [0, 0.1) is 0 Å². The molecule has 1 atom stereocenters. The van der Waals surface area contributed by atoms with Crippen molar-refractivity contribution in [3.63, 3.8) is 0 Å². The van der Waals surface area contributed by atoms with E-state index in [2.05, 4.69) is 10.4 Å². The number of fused-ring (bicyclic) bond motifs is 1. The second kappa shape index (κ2) is 5.91. The highest BCUT2D eigenvalue weighted by molar-refractivity contribution is 6.01. The van der Waals surface area contributed by atoms with E-state index in [4.69, 9.17) is 4.74 Å². The molecule has 1 aliphatic heterocycles. The van der Waals surface area contributed by atoms with Crippen molar-refractivity contribution in [3.05, 3.63) is 46.8 Å². The third-order valence-corrected chi connectivity index (χ3v) is 4.76. The monoisotopic (exact) mass is 355 g/mol. The van der Waals surface area contributed by atoms with Crippen LogP contribution < -0.4 is 5.32 Å². The molecule has 0 saturated heterocycles. The molecular weight excluding hydrogens is 338 g/mol. The first kappa shape index (κ1) is 16.2. The predicted molar refractivity (Wildman–Crippen MR) is 91.0 cm³/mol. The van der Waals surface area contributed by atoms with Gasteiger partial charge in [-0.15, -0.1) is 0 Å². The number of nitrogens with zero attached hydrogens (tertiary/aromatic N) is 2. The lowest BCUT2D eigenvalue weighted by atomic mass is 9.85. The molecule has 8 heteroatoms. The number of ketones is 1. The van der Waals surface area contributed by atoms with E-state index in [1.165, 1.54) is 25.4 Å². The first-order valence-corrected chi connectivity index (χ1v) is 8.22. The number of hydrogen-bond donors (Lipinski definition) is 3. The van der Waals surface area contributed by atoms with Crippen LogP contribution in [0.4, 0.5) is 5.82 Å². The van der Waals surface area contributed by atoms with Crippen molar-refractivity contribution in [3.8, 4) is 11.5 Å². The van der Waals surface area contributed by atoms with E-state index in [9.17, 15) is 19.8 Å². The van der Waals surface area contributed by atoms with Gasteiger partial charge in [-0.2, -0.15) is 5.10 Å². The number of hydrogen-bond acceptors (Lipinski definition) is 7. The van der Waals surface area contributed by atoms with Crippen LogP contribution in [0.15, 0.2) is 35.7 Å². The fraction of sp³-hybridized carbons (Fsp3) is 0.278. The van der Waals surface area contributed by atoms with Gasteiger partial charge in [0, 0.05) is 17.7 Å². The van der Waals surface area contributed by atoms with E-state index in [0.717, 1.165) is 12.1 Å². The van der Waals surface area contributed by atoms with Crippen molar-refractivity contribution in [2.24, 2.45) is 0 Å². The highest BCUT2D eigenvalue weighted by Crippen LogP contribution is 2.43. The number of carbonyl (C=O) groups is 2. The fourth-order valence-electron chi connectivity index (χ4n) is 3.54. The molecule has 3 N–H and O–H groups in total. The third kappa shape index (κ3) is 2.33. The highest BCUT2D eigenvalue weighted by Gasteiger charge is 2.37. The maximum Gasteiger partial charge on any atom is 0.343 e. The summed E-state index contributed by atoms with van der Waals surface area (Å²) >= 11 is 0. The van der Waals surface area contributed by atoms with Gasteiger partial charge in [0.15, 0.2) is 17.3 Å². The zero-order valence-corrected chi connectivity index (χ0v) is 14.0. The van der Waals surface area contributed by atoms with Gasteiger partial charge in [0.2, 0.25) is 0 Å². The molecule has 8 nitrogen and oxygen atoms in total. The lowest BCUT2D eigenvalue weighted by Gasteiger charge is -2.33. The molecule has 2 aromatic rings. The number of allylic oxidation sites excluding steroid dienone is 2. The molecule has 134 valence electrons. The second-order valence-corrected chi connectivity index (χ2v) is 6.29. The van der Waals surface area contributed by atoms with Gasteiger partial charge in [0.25, 0.3) is 0 Å². The quantitative estimate of drug-likeness (QED) is 0.558. The summed E-state index contributed by atoms with van der Waals surface area (Å²) in [5.74, 6) is -0.617. The summed E-state index contributed by atoms with van der Waals surface area (Å²) in [6.45, 7) is 0. The first-order valence-electron chi connectivity index (χ1n) is 8.22. The molecule has 0 radical (unpaired) electrons. The number of nitrogens with one attached hydrogen (secondary N) is 1. The van der Waals surface area contributed by atoms with Crippen molar-refractivity contribution < 1.29 is 24.5 Å². The van der Waals surface area contributed by atoms with Gasteiger partial charge in [0.1, 0.15) is 17.4 Å². The van der Waals surface area contributed by atoms with Crippen molar-refractivity contribution in [2.45, 2.75) is 25.3 Å². The topological polar surface area (TPSA) is 114 Å². The van der Waals surface area contributed by atoms with Crippen LogP contribution in [0.2, 0.25) is 0 Å². The Hall–Kier alpha value is -3.29. The van der Waals surface area contributed by atoms with E-state index < -0.39 is 12.0 Å². The van der Waals surface area contributed by atoms with E-state index in [0.29, 0.717) is 29.8 Å². The number of esters is 1. The number of rotatable bonds is 2. The van der Waals surface area contributed by atoms with E-state index in [1.807, 2.05) is 0 Å². The van der Waals surface area contributed by atoms with Crippen LogP contribution in [0.3, 0.4) is 0 Å². The Morgan fingerprint density at radius 3 is 2.85 bits per heavy atom. The number of methoxy groups -OCH3 is 1. The highest BCUT2D eigenvalue weighted by atomic mass is 16.5. The van der Waals surface area contributed by atoms with Crippen molar-refractivity contribution in [1.82, 2.24) is 9.78 Å². The number of phenolic OH excluding ortho intramolecular Hbond substituents is 2. The minimum atomic E-state index is -0.598. The molecule has 1 aliphatic carbocycles. The van der Waals surface area contributed by atoms with Crippen LogP contribution in [0.25, 0.3) is 0 Å². The molecule has 1 aromatic heterocycles. The zero-order valence-electron chi connectivity index (χ0n) is 14.0. The Morgan fingerprint density at radius 2 is 2.12 bits per heavy atom. The molecule has 0 saturated carbocycles. The maximum atomic E-state index is 12.6. The van der Waals surface area contributed by atoms with E-state index >= 15 is 0 Å². The Bertz CT molecular complexity index is 960. The summed E-state index contributed by atoms with van der Waals surface area (Å²) in [5.41, 5.74) is 2.17. The molecule has 1 aromatic carbocycles. The van der Waals surface area contributed by atoms with Crippen LogP contribution in [-0.4, -0.2) is 38.9 Å². The Morgan fingerprint density at radius 1 is 1.31 bits per heavy atom. The summed E-state index contributed by atoms with van der Waals surface area (Å²) in [6, 6.07) is 3.80. The summed E-state index contributed by atoms with van der Waals surface area (Å²) in [4.78, 5) is 24.7. The van der Waals surface area contributed by atoms with Crippen molar-refractivity contribution in [2.75, 3.05) is 12.4 Å². The van der Waals surface area contributed by atoms with Crippen LogP contribution in [0.5, 0.6) is 11.5 Å². The first-order chi connectivity index (χ1) is 12.5. The zero-order chi connectivity index (χ0) is 18.4. The molecule has 4 rings (SSSR count). The maximum absolute atomic E-state index is 12.6. The summed E-state index contributed by atoms with van der Waals surface area (Å²) < 4.78 is 6.35. The molecule has 2 aliphatic rings. The van der Waals surface area contributed by atoms with Gasteiger partial charge in [-0.3, -0.25) is 4.79 Å². The number of benzene rings is 1. The third-order valence-electron chi connectivity index (χ3n) is 4.76. The van der Waals surface area contributed by atoms with Gasteiger partial charge < -0.3 is 20.3 Å². The molecule has 0 fully saturated rings. The molecule has 0 unspecified atom stereocenters. The summed E-state index contributed by atoms with van der Waals surface area (Å²) in [5, 5.41) is 27.0. The molecule has 0 amide bonds. The van der Waals surface area contributed by atoms with Crippen molar-refractivity contribution >= 4 is 17.6 Å². The smallest absolute Gasteiger partial charge is 0.343 e. The molecular formula is C18H17N3O5. The molecule has 0 bridgehead atoms. The predicted octanol–water partition coefficient (Wildman–Crippen LogP) is 2.10. The van der Waals surface area contributed by atoms with Crippen molar-refractivity contribution in [1.29, 1.82) is 0 Å². The van der Waals surface area contributed by atoms with Gasteiger partial charge in [0.05, 0.1) is 13.3 Å². The lowest BCUT2D eigenvalue weighted by Crippen LogP contribution is -2.31. The number of Topliss-reactive ketones (excluding diaryl/α,β-unsaturated/α-hetero) is 1. The normalized spacial score (nSPS) is 18.8. The number of ether oxygens (including phenoxy) is 1. The van der Waals surface area contributed by atoms with Crippen LogP contribution in [-0.2, 0) is 9.53 Å². The SMILES string of the molecule is COC(=O)c1cnn2c1NC1=C(C(=O)CCC1)[C@H]2c1ccc(O)c(O)c1. The van der Waals surface area contributed by atoms with E-state index in [1.54, 1.807) is 10.7 Å². The number of aromatic hydroxyl groups is 2. The molecule has 26 heavy (non-hydrogen) atoms. The average molecular weight is 355 g/mol. The minimum absolute atomic E-state index is 0.00270. The Balaban J connectivity index is 1.93. The number of aromatic nitrogens is 2. The number of phenols is 2. The Labute approximate surface area is 148 Å². The lowest BCUT2D eigenvalue weighted by molar-refractivity contribution is -0.116. The standard InChI is InChI=1S/C18H17N3O5/c1-26-18(25)10-8-19-21-16(9-5-6-12(22)14(24)7-9)15-11(20-17(10)21)3-2-4-13(15)23/h5-8,16,20,22,24H,2-4H2,1H3/t16-/m1/s1.